The second kappa shape index (κ2) is 12.0. The number of hydrogen-bond acceptors (Lipinski definition) is 4. The van der Waals surface area contributed by atoms with Gasteiger partial charge in [0.2, 0.25) is 5.88 Å². The van der Waals surface area contributed by atoms with Crippen LogP contribution in [-0.2, 0) is 6.54 Å². The van der Waals surface area contributed by atoms with Gasteiger partial charge in [-0.3, -0.25) is 4.90 Å². The summed E-state index contributed by atoms with van der Waals surface area (Å²) in [6.07, 6.45) is 2.93. The summed E-state index contributed by atoms with van der Waals surface area (Å²) in [7, 11) is 0. The molecule has 33 heavy (non-hydrogen) atoms. The van der Waals surface area contributed by atoms with Gasteiger partial charge < -0.3 is 9.84 Å². The summed E-state index contributed by atoms with van der Waals surface area (Å²) in [5.74, 6) is 1.86. The topological polar surface area (TPSA) is 50.5 Å². The van der Waals surface area contributed by atoms with Crippen LogP contribution in [0.5, 0.6) is 11.6 Å². The number of rotatable bonds is 12. The minimum absolute atomic E-state index is 0.413. The van der Waals surface area contributed by atoms with Crippen molar-refractivity contribution in [1.82, 2.24) is 14.7 Å². The quantitative estimate of drug-likeness (QED) is 0.312. The van der Waals surface area contributed by atoms with Crippen molar-refractivity contribution in [2.75, 3.05) is 13.1 Å². The number of halogens is 1. The third kappa shape index (κ3) is 7.19. The highest BCUT2D eigenvalue weighted by Crippen LogP contribution is 2.32. The molecule has 1 heterocycles. The lowest BCUT2D eigenvalue weighted by Gasteiger charge is -2.27. The Morgan fingerprint density at radius 2 is 1.91 bits per heavy atom. The molecule has 176 valence electrons. The van der Waals surface area contributed by atoms with E-state index >= 15 is 0 Å². The Morgan fingerprint density at radius 3 is 2.58 bits per heavy atom. The fraction of sp³-hybridized carbons (Fsp3) is 0.370. The van der Waals surface area contributed by atoms with Gasteiger partial charge in [0, 0.05) is 24.7 Å². The highest BCUT2D eigenvalue weighted by atomic mass is 35.5. The third-order valence-electron chi connectivity index (χ3n) is 5.33. The first-order valence-electron chi connectivity index (χ1n) is 11.5. The van der Waals surface area contributed by atoms with Crippen LogP contribution in [0.15, 0.2) is 67.3 Å². The number of aliphatic hydroxyl groups excluding tert-OH is 1. The van der Waals surface area contributed by atoms with E-state index in [0.717, 1.165) is 35.7 Å². The van der Waals surface area contributed by atoms with Crippen molar-refractivity contribution < 1.29 is 9.84 Å². The van der Waals surface area contributed by atoms with E-state index in [2.05, 4.69) is 25.3 Å². The number of benzene rings is 2. The molecule has 6 heteroatoms. The van der Waals surface area contributed by atoms with Crippen LogP contribution in [0.1, 0.15) is 37.9 Å². The molecule has 2 aromatic carbocycles. The maximum absolute atomic E-state index is 10.6. The number of ether oxygens (including phenoxy) is 1. The second-order valence-corrected chi connectivity index (χ2v) is 9.22. The Hall–Kier alpha value is -2.60. The van der Waals surface area contributed by atoms with Crippen LogP contribution in [0.4, 0.5) is 0 Å². The molecule has 0 aliphatic carbocycles. The molecule has 0 radical (unpaired) electrons. The van der Waals surface area contributed by atoms with Crippen molar-refractivity contribution in [2.45, 2.75) is 46.3 Å². The number of nitrogens with zero attached hydrogens (tertiary/aromatic N) is 3. The van der Waals surface area contributed by atoms with Crippen molar-refractivity contribution in [3.63, 3.8) is 0 Å². The van der Waals surface area contributed by atoms with Crippen LogP contribution in [0.3, 0.4) is 0 Å². The number of aromatic nitrogens is 2. The van der Waals surface area contributed by atoms with Crippen molar-refractivity contribution in [2.24, 2.45) is 5.92 Å². The Labute approximate surface area is 202 Å². The van der Waals surface area contributed by atoms with Crippen molar-refractivity contribution in [3.8, 4) is 17.3 Å². The predicted molar refractivity (Wildman–Crippen MR) is 135 cm³/mol. The fourth-order valence-corrected chi connectivity index (χ4v) is 4.04. The summed E-state index contributed by atoms with van der Waals surface area (Å²) < 4.78 is 8.20. The molecule has 0 aliphatic rings. The van der Waals surface area contributed by atoms with Crippen molar-refractivity contribution in [3.05, 3.63) is 83.5 Å². The summed E-state index contributed by atoms with van der Waals surface area (Å²) in [4.78, 5) is 2.28. The molecule has 1 aromatic heterocycles. The average Bonchev–Trinajstić information content (AvgIpc) is 3.07. The Kier molecular flexibility index (Phi) is 9.12. The molecule has 0 bridgehead atoms. The highest BCUT2D eigenvalue weighted by Gasteiger charge is 2.23. The molecule has 1 atom stereocenters. The molecule has 5 nitrogen and oxygen atoms in total. The number of para-hydroxylation sites is 1. The van der Waals surface area contributed by atoms with Gasteiger partial charge in [0.05, 0.1) is 23.0 Å². The van der Waals surface area contributed by atoms with E-state index in [4.69, 9.17) is 21.4 Å². The number of aliphatic hydroxyl groups is 1. The zero-order chi connectivity index (χ0) is 23.8. The maximum atomic E-state index is 10.6. The normalized spacial score (nSPS) is 12.3. The predicted octanol–water partition coefficient (Wildman–Crippen LogP) is 6.41. The highest BCUT2D eigenvalue weighted by molar-refractivity contribution is 6.30. The van der Waals surface area contributed by atoms with Gasteiger partial charge in [-0.05, 0) is 56.0 Å². The van der Waals surface area contributed by atoms with E-state index in [1.807, 2.05) is 72.3 Å². The standard InChI is InChI=1S/C27H34ClN3O2/c1-5-6-13-24(32)18-30(17-20(2)3)19-26-21(4)29-31(23-12-10-11-22(28)16-23)27(26)33-25-14-8-7-9-15-25/h5,7-12,14-16,20,24,32H,1,6,13,17-19H2,2-4H3. The average molecular weight is 468 g/mol. The largest absolute Gasteiger partial charge is 0.439 e. The van der Waals surface area contributed by atoms with Gasteiger partial charge in [-0.1, -0.05) is 55.8 Å². The van der Waals surface area contributed by atoms with E-state index in [9.17, 15) is 5.11 Å². The lowest BCUT2D eigenvalue weighted by molar-refractivity contribution is 0.0952. The summed E-state index contributed by atoms with van der Waals surface area (Å²) in [6, 6.07) is 17.3. The number of hydrogen-bond donors (Lipinski definition) is 1. The monoisotopic (exact) mass is 467 g/mol. The van der Waals surface area contributed by atoms with Crippen LogP contribution in [-0.4, -0.2) is 39.0 Å². The lowest BCUT2D eigenvalue weighted by Crippen LogP contribution is -2.35. The first-order chi connectivity index (χ1) is 15.9. The number of allylic oxidation sites excluding steroid dienone is 1. The molecule has 0 spiro atoms. The lowest BCUT2D eigenvalue weighted by atomic mass is 10.1. The smallest absolute Gasteiger partial charge is 0.227 e. The van der Waals surface area contributed by atoms with Gasteiger partial charge >= 0.3 is 0 Å². The minimum Gasteiger partial charge on any atom is -0.439 e. The van der Waals surface area contributed by atoms with Crippen LogP contribution in [0.2, 0.25) is 5.02 Å². The van der Waals surface area contributed by atoms with Crippen molar-refractivity contribution in [1.29, 1.82) is 0 Å². The molecule has 1 unspecified atom stereocenters. The number of aryl methyl sites for hydroxylation is 1. The molecule has 3 rings (SSSR count). The van der Waals surface area contributed by atoms with Crippen molar-refractivity contribution >= 4 is 11.6 Å². The molecule has 0 fully saturated rings. The molecule has 0 aliphatic heterocycles. The zero-order valence-corrected chi connectivity index (χ0v) is 20.5. The molecule has 0 amide bonds. The van der Waals surface area contributed by atoms with Gasteiger partial charge in [-0.2, -0.15) is 5.10 Å². The summed E-state index contributed by atoms with van der Waals surface area (Å²) in [5.41, 5.74) is 2.72. The first kappa shape index (κ1) is 25.0. The maximum Gasteiger partial charge on any atom is 0.227 e. The van der Waals surface area contributed by atoms with E-state index < -0.39 is 6.10 Å². The Morgan fingerprint density at radius 1 is 1.15 bits per heavy atom. The molecule has 3 aromatic rings. The summed E-state index contributed by atoms with van der Waals surface area (Å²) >= 11 is 6.27. The van der Waals surface area contributed by atoms with Gasteiger partial charge in [0.1, 0.15) is 5.75 Å². The van der Waals surface area contributed by atoms with Gasteiger partial charge in [0.25, 0.3) is 0 Å². The van der Waals surface area contributed by atoms with Crippen LogP contribution in [0, 0.1) is 12.8 Å². The van der Waals surface area contributed by atoms with Crippen LogP contribution < -0.4 is 4.74 Å². The van der Waals surface area contributed by atoms with Gasteiger partial charge in [0.15, 0.2) is 0 Å². The van der Waals surface area contributed by atoms with Gasteiger partial charge in [-0.25, -0.2) is 4.68 Å². The molecule has 1 N–H and O–H groups in total. The Bertz CT molecular complexity index is 1030. The SMILES string of the molecule is C=CCCC(O)CN(Cc1c(C)nn(-c2cccc(Cl)c2)c1Oc1ccccc1)CC(C)C. The molecular weight excluding hydrogens is 434 g/mol. The first-order valence-corrected chi connectivity index (χ1v) is 11.8. The second-order valence-electron chi connectivity index (χ2n) is 8.78. The van der Waals surface area contributed by atoms with E-state index in [1.54, 1.807) is 0 Å². The van der Waals surface area contributed by atoms with Crippen LogP contribution in [0.25, 0.3) is 5.69 Å². The minimum atomic E-state index is -0.413. The molecule has 0 saturated carbocycles. The zero-order valence-electron chi connectivity index (χ0n) is 19.7. The third-order valence-corrected chi connectivity index (χ3v) is 5.56. The Balaban J connectivity index is 1.98. The molecule has 0 saturated heterocycles. The van der Waals surface area contributed by atoms with E-state index in [-0.39, 0.29) is 0 Å². The van der Waals surface area contributed by atoms with E-state index in [1.165, 1.54) is 0 Å². The van der Waals surface area contributed by atoms with Gasteiger partial charge in [-0.15, -0.1) is 6.58 Å². The van der Waals surface area contributed by atoms with Crippen LogP contribution >= 0.6 is 11.6 Å². The molecular formula is C27H34ClN3O2. The summed E-state index contributed by atoms with van der Waals surface area (Å²) in [5, 5.41) is 16.0. The van der Waals surface area contributed by atoms with E-state index in [0.29, 0.717) is 36.3 Å². The fourth-order valence-electron chi connectivity index (χ4n) is 3.85. The summed E-state index contributed by atoms with van der Waals surface area (Å²) in [6.45, 7) is 12.2.